The standard InChI is InChI=1S/C17H20N2/c1-4-16(19(2)3)14-10-7-9-13-12-8-5-6-11-15(12)18-17(13)14/h5-11,16,18H,4H2,1-3H3. The van der Waals surface area contributed by atoms with Crippen molar-refractivity contribution in [2.45, 2.75) is 19.4 Å². The molecule has 1 aromatic heterocycles. The molecule has 2 nitrogen and oxygen atoms in total. The van der Waals surface area contributed by atoms with Crippen LogP contribution in [0.5, 0.6) is 0 Å². The molecule has 1 unspecified atom stereocenters. The van der Waals surface area contributed by atoms with Gasteiger partial charge in [-0.2, -0.15) is 0 Å². The summed E-state index contributed by atoms with van der Waals surface area (Å²) in [7, 11) is 4.30. The highest BCUT2D eigenvalue weighted by Gasteiger charge is 2.16. The van der Waals surface area contributed by atoms with E-state index in [-0.39, 0.29) is 0 Å². The number of fused-ring (bicyclic) bond motifs is 3. The maximum absolute atomic E-state index is 3.59. The Morgan fingerprint density at radius 2 is 1.74 bits per heavy atom. The van der Waals surface area contributed by atoms with Crippen molar-refractivity contribution in [2.24, 2.45) is 0 Å². The normalized spacial score (nSPS) is 13.5. The molecule has 0 spiro atoms. The molecule has 1 atom stereocenters. The lowest BCUT2D eigenvalue weighted by Gasteiger charge is -2.23. The topological polar surface area (TPSA) is 19.0 Å². The van der Waals surface area contributed by atoms with Crippen LogP contribution in [0.2, 0.25) is 0 Å². The summed E-state index contributed by atoms with van der Waals surface area (Å²) in [6.45, 7) is 2.24. The average molecular weight is 252 g/mol. The molecule has 2 heteroatoms. The Morgan fingerprint density at radius 1 is 1.00 bits per heavy atom. The number of para-hydroxylation sites is 2. The number of aromatic nitrogens is 1. The zero-order chi connectivity index (χ0) is 13.4. The zero-order valence-corrected chi connectivity index (χ0v) is 11.8. The van der Waals surface area contributed by atoms with E-state index in [1.165, 1.54) is 27.4 Å². The van der Waals surface area contributed by atoms with Crippen molar-refractivity contribution >= 4 is 21.8 Å². The van der Waals surface area contributed by atoms with Gasteiger partial charge in [0.15, 0.2) is 0 Å². The molecule has 2 aromatic carbocycles. The summed E-state index contributed by atoms with van der Waals surface area (Å²) in [6, 6.07) is 15.6. The second kappa shape index (κ2) is 4.71. The van der Waals surface area contributed by atoms with Gasteiger partial charge < -0.3 is 9.88 Å². The van der Waals surface area contributed by atoms with Gasteiger partial charge in [0.2, 0.25) is 0 Å². The Labute approximate surface area is 114 Å². The molecule has 3 aromatic rings. The number of rotatable bonds is 3. The van der Waals surface area contributed by atoms with Crippen LogP contribution in [0.1, 0.15) is 24.9 Å². The average Bonchev–Trinajstić information content (AvgIpc) is 2.79. The maximum Gasteiger partial charge on any atom is 0.0513 e. The highest BCUT2D eigenvalue weighted by atomic mass is 15.1. The second-order valence-corrected chi connectivity index (χ2v) is 5.33. The molecule has 0 saturated carbocycles. The third-order valence-electron chi connectivity index (χ3n) is 3.94. The van der Waals surface area contributed by atoms with E-state index in [0.717, 1.165) is 6.42 Å². The van der Waals surface area contributed by atoms with Gasteiger partial charge in [0.1, 0.15) is 0 Å². The highest BCUT2D eigenvalue weighted by molar-refractivity contribution is 6.08. The van der Waals surface area contributed by atoms with Crippen molar-refractivity contribution in [2.75, 3.05) is 14.1 Å². The smallest absolute Gasteiger partial charge is 0.0513 e. The first-order valence-corrected chi connectivity index (χ1v) is 6.88. The quantitative estimate of drug-likeness (QED) is 0.735. The van der Waals surface area contributed by atoms with Crippen molar-refractivity contribution in [3.8, 4) is 0 Å². The Morgan fingerprint density at radius 3 is 2.47 bits per heavy atom. The second-order valence-electron chi connectivity index (χ2n) is 5.33. The fraction of sp³-hybridized carbons (Fsp3) is 0.294. The van der Waals surface area contributed by atoms with Crippen molar-refractivity contribution in [3.05, 3.63) is 48.0 Å². The Balaban J connectivity index is 2.31. The first-order valence-electron chi connectivity index (χ1n) is 6.88. The summed E-state index contributed by atoms with van der Waals surface area (Å²) in [4.78, 5) is 5.88. The summed E-state index contributed by atoms with van der Waals surface area (Å²) in [6.07, 6.45) is 1.11. The van der Waals surface area contributed by atoms with Gasteiger partial charge in [0, 0.05) is 22.3 Å². The predicted octanol–water partition coefficient (Wildman–Crippen LogP) is 4.33. The molecule has 0 fully saturated rings. The van der Waals surface area contributed by atoms with Crippen molar-refractivity contribution in [1.82, 2.24) is 9.88 Å². The Bertz CT molecular complexity index is 709. The number of benzene rings is 2. The van der Waals surface area contributed by atoms with E-state index in [9.17, 15) is 0 Å². The van der Waals surface area contributed by atoms with E-state index < -0.39 is 0 Å². The summed E-state index contributed by atoms with van der Waals surface area (Å²) < 4.78 is 0. The van der Waals surface area contributed by atoms with Gasteiger partial charge in [-0.3, -0.25) is 0 Å². The van der Waals surface area contributed by atoms with Crippen LogP contribution in [-0.4, -0.2) is 24.0 Å². The Hall–Kier alpha value is -1.80. The van der Waals surface area contributed by atoms with Crippen LogP contribution in [-0.2, 0) is 0 Å². The lowest BCUT2D eigenvalue weighted by Crippen LogP contribution is -2.19. The summed E-state index contributed by atoms with van der Waals surface area (Å²) in [5, 5.41) is 2.64. The van der Waals surface area contributed by atoms with Gasteiger partial charge >= 0.3 is 0 Å². The van der Waals surface area contributed by atoms with Gasteiger partial charge in [-0.15, -0.1) is 0 Å². The lowest BCUT2D eigenvalue weighted by molar-refractivity contribution is 0.293. The summed E-state index contributed by atoms with van der Waals surface area (Å²) >= 11 is 0. The molecule has 0 radical (unpaired) electrons. The highest BCUT2D eigenvalue weighted by Crippen LogP contribution is 2.32. The molecule has 3 rings (SSSR count). The predicted molar refractivity (Wildman–Crippen MR) is 82.5 cm³/mol. The van der Waals surface area contributed by atoms with Gasteiger partial charge in [-0.05, 0) is 32.1 Å². The zero-order valence-electron chi connectivity index (χ0n) is 11.8. The van der Waals surface area contributed by atoms with Crippen LogP contribution in [0, 0.1) is 0 Å². The molecule has 0 amide bonds. The minimum Gasteiger partial charge on any atom is -0.354 e. The molecule has 98 valence electrons. The van der Waals surface area contributed by atoms with E-state index in [0.29, 0.717) is 6.04 Å². The first-order chi connectivity index (χ1) is 9.22. The molecule has 0 aliphatic heterocycles. The third-order valence-corrected chi connectivity index (χ3v) is 3.94. The molecule has 19 heavy (non-hydrogen) atoms. The van der Waals surface area contributed by atoms with Gasteiger partial charge in [-0.25, -0.2) is 0 Å². The molecular weight excluding hydrogens is 232 g/mol. The van der Waals surface area contributed by atoms with E-state index in [4.69, 9.17) is 0 Å². The fourth-order valence-electron chi connectivity index (χ4n) is 3.04. The third kappa shape index (κ3) is 1.92. The molecule has 0 aliphatic carbocycles. The molecular formula is C17H20N2. The van der Waals surface area contributed by atoms with E-state index in [1.807, 2.05) is 0 Å². The van der Waals surface area contributed by atoms with Gasteiger partial charge in [-0.1, -0.05) is 43.3 Å². The van der Waals surface area contributed by atoms with Crippen LogP contribution in [0.4, 0.5) is 0 Å². The number of nitrogens with one attached hydrogen (secondary N) is 1. The molecule has 1 heterocycles. The molecule has 0 aliphatic rings. The van der Waals surface area contributed by atoms with E-state index in [2.05, 4.69) is 73.4 Å². The van der Waals surface area contributed by atoms with Crippen LogP contribution in [0.15, 0.2) is 42.5 Å². The molecule has 1 N–H and O–H groups in total. The molecule has 0 bridgehead atoms. The maximum atomic E-state index is 3.59. The largest absolute Gasteiger partial charge is 0.354 e. The number of nitrogens with zero attached hydrogens (tertiary/aromatic N) is 1. The minimum atomic E-state index is 0.455. The minimum absolute atomic E-state index is 0.455. The van der Waals surface area contributed by atoms with Gasteiger partial charge in [0.25, 0.3) is 0 Å². The van der Waals surface area contributed by atoms with Crippen LogP contribution in [0.3, 0.4) is 0 Å². The van der Waals surface area contributed by atoms with Crippen molar-refractivity contribution in [1.29, 1.82) is 0 Å². The van der Waals surface area contributed by atoms with Crippen LogP contribution < -0.4 is 0 Å². The van der Waals surface area contributed by atoms with Crippen LogP contribution >= 0.6 is 0 Å². The SMILES string of the molecule is CCC(c1cccc2c1[nH]c1ccccc12)N(C)C. The first kappa shape index (κ1) is 12.2. The molecule has 0 saturated heterocycles. The number of H-pyrrole nitrogens is 1. The van der Waals surface area contributed by atoms with E-state index in [1.54, 1.807) is 0 Å². The van der Waals surface area contributed by atoms with Crippen LogP contribution in [0.25, 0.3) is 21.8 Å². The monoisotopic (exact) mass is 252 g/mol. The number of aromatic amines is 1. The number of hydrogen-bond acceptors (Lipinski definition) is 1. The van der Waals surface area contributed by atoms with Crippen molar-refractivity contribution < 1.29 is 0 Å². The van der Waals surface area contributed by atoms with Crippen molar-refractivity contribution in [3.63, 3.8) is 0 Å². The van der Waals surface area contributed by atoms with E-state index >= 15 is 0 Å². The lowest BCUT2D eigenvalue weighted by atomic mass is 10.0. The summed E-state index contributed by atoms with van der Waals surface area (Å²) in [5.74, 6) is 0. The fourth-order valence-corrected chi connectivity index (χ4v) is 3.04. The van der Waals surface area contributed by atoms with Gasteiger partial charge in [0.05, 0.1) is 5.52 Å². The Kier molecular flexibility index (Phi) is 3.03. The number of hydrogen-bond donors (Lipinski definition) is 1. The summed E-state index contributed by atoms with van der Waals surface area (Å²) in [5.41, 5.74) is 3.89.